The number of rotatable bonds is 0. The minimum Gasteiger partial charge on any atom is -0.323 e. The van der Waals surface area contributed by atoms with E-state index in [1.165, 1.54) is 11.8 Å². The molecule has 76 valence electrons. The number of anilines is 1. The van der Waals surface area contributed by atoms with Gasteiger partial charge in [0.25, 0.3) is 0 Å². The molecule has 1 aromatic heterocycles. The molecule has 2 rings (SSSR count). The average Bonchev–Trinajstić information content (AvgIpc) is 2.20. The van der Waals surface area contributed by atoms with Gasteiger partial charge in [-0.1, -0.05) is 25.6 Å². The van der Waals surface area contributed by atoms with Crippen LogP contribution in [0.2, 0.25) is 0 Å². The molecule has 0 spiro atoms. The summed E-state index contributed by atoms with van der Waals surface area (Å²) in [6.45, 7) is 5.96. The maximum Gasteiger partial charge on any atom is 0.234 e. The van der Waals surface area contributed by atoms with Crippen LogP contribution in [-0.2, 0) is 4.79 Å². The van der Waals surface area contributed by atoms with E-state index in [-0.39, 0.29) is 5.91 Å². The van der Waals surface area contributed by atoms with Gasteiger partial charge in [-0.25, -0.2) is 4.98 Å². The monoisotopic (exact) mass is 210 g/mol. The minimum absolute atomic E-state index is 0.0555. The topological polar surface area (TPSA) is 42.0 Å². The number of carbonyl (C=O) groups excluding carboxylic acids is 1. The van der Waals surface area contributed by atoms with Crippen LogP contribution in [-0.4, -0.2) is 16.6 Å². The summed E-state index contributed by atoms with van der Waals surface area (Å²) in [5.41, 5.74) is 1.91. The van der Waals surface area contributed by atoms with Crippen molar-refractivity contribution in [3.05, 3.63) is 17.8 Å². The average molecular weight is 210 g/mol. The Morgan fingerprint density at radius 1 is 1.50 bits per heavy atom. The number of nitrogens with zero attached hydrogens (tertiary/aromatic N) is 1. The van der Waals surface area contributed by atoms with Crippen LogP contribution in [0.3, 0.4) is 0 Å². The van der Waals surface area contributed by atoms with Crippen molar-refractivity contribution in [1.29, 1.82) is 0 Å². The van der Waals surface area contributed by atoms with E-state index in [0.29, 0.717) is 5.75 Å². The molecule has 4 heteroatoms. The number of aryl methyl sites for hydroxylation is 1. The Kier molecular flexibility index (Phi) is 3.95. The summed E-state index contributed by atoms with van der Waals surface area (Å²) in [6, 6.07) is 1.94. The quantitative estimate of drug-likeness (QED) is 0.715. The third-order valence-corrected chi connectivity index (χ3v) is 2.61. The van der Waals surface area contributed by atoms with Crippen LogP contribution in [0.4, 0.5) is 5.69 Å². The molecule has 0 bridgehead atoms. The number of nitrogens with one attached hydrogen (secondary N) is 1. The minimum atomic E-state index is 0.0555. The predicted molar refractivity (Wildman–Crippen MR) is 59.7 cm³/mol. The van der Waals surface area contributed by atoms with Crippen molar-refractivity contribution in [2.45, 2.75) is 25.8 Å². The zero-order valence-electron chi connectivity index (χ0n) is 8.63. The van der Waals surface area contributed by atoms with E-state index in [1.54, 1.807) is 0 Å². The number of aromatic nitrogens is 1. The van der Waals surface area contributed by atoms with E-state index in [2.05, 4.69) is 10.3 Å². The SMILES string of the molecule is CC.Cc1cnc2c(c1)NC(=O)CS2. The Morgan fingerprint density at radius 3 is 2.93 bits per heavy atom. The first-order valence-corrected chi connectivity index (χ1v) is 5.63. The first-order valence-electron chi connectivity index (χ1n) is 4.65. The molecule has 1 aliphatic heterocycles. The molecule has 1 amide bonds. The summed E-state index contributed by atoms with van der Waals surface area (Å²) in [7, 11) is 0. The molecular weight excluding hydrogens is 196 g/mol. The van der Waals surface area contributed by atoms with Crippen molar-refractivity contribution in [3.8, 4) is 0 Å². The highest BCUT2D eigenvalue weighted by molar-refractivity contribution is 8.00. The summed E-state index contributed by atoms with van der Waals surface area (Å²) in [5, 5.41) is 3.70. The van der Waals surface area contributed by atoms with Crippen LogP contribution in [0.5, 0.6) is 0 Å². The van der Waals surface area contributed by atoms with Gasteiger partial charge in [-0.2, -0.15) is 0 Å². The van der Waals surface area contributed by atoms with Crippen molar-refractivity contribution in [1.82, 2.24) is 4.98 Å². The normalized spacial score (nSPS) is 13.5. The molecule has 0 saturated heterocycles. The lowest BCUT2D eigenvalue weighted by molar-refractivity contribution is -0.113. The lowest BCUT2D eigenvalue weighted by Gasteiger charge is -2.14. The van der Waals surface area contributed by atoms with Crippen molar-refractivity contribution < 1.29 is 4.79 Å². The molecule has 2 heterocycles. The lowest BCUT2D eigenvalue weighted by atomic mass is 10.3. The van der Waals surface area contributed by atoms with Crippen LogP contribution in [0.15, 0.2) is 17.3 Å². The molecule has 0 atom stereocenters. The number of hydrogen-bond donors (Lipinski definition) is 1. The molecule has 14 heavy (non-hydrogen) atoms. The van der Waals surface area contributed by atoms with E-state index in [0.717, 1.165) is 16.3 Å². The molecule has 1 aliphatic rings. The Morgan fingerprint density at radius 2 is 2.21 bits per heavy atom. The maximum absolute atomic E-state index is 11.0. The van der Waals surface area contributed by atoms with Gasteiger partial charge in [0.2, 0.25) is 5.91 Å². The van der Waals surface area contributed by atoms with Gasteiger partial charge in [0.1, 0.15) is 5.03 Å². The molecule has 3 nitrogen and oxygen atoms in total. The van der Waals surface area contributed by atoms with Gasteiger partial charge in [-0.15, -0.1) is 0 Å². The summed E-state index contributed by atoms with van der Waals surface area (Å²) in [5.74, 6) is 0.531. The number of hydrogen-bond acceptors (Lipinski definition) is 3. The van der Waals surface area contributed by atoms with E-state index >= 15 is 0 Å². The van der Waals surface area contributed by atoms with Gasteiger partial charge in [-0.05, 0) is 18.6 Å². The lowest BCUT2D eigenvalue weighted by Crippen LogP contribution is -2.19. The Labute approximate surface area is 88.3 Å². The smallest absolute Gasteiger partial charge is 0.234 e. The number of fused-ring (bicyclic) bond motifs is 1. The van der Waals surface area contributed by atoms with Gasteiger partial charge in [-0.3, -0.25) is 4.79 Å². The van der Waals surface area contributed by atoms with E-state index < -0.39 is 0 Å². The Hall–Kier alpha value is -1.03. The Bertz CT molecular complexity index is 339. The molecule has 0 radical (unpaired) electrons. The summed E-state index contributed by atoms with van der Waals surface area (Å²) in [4.78, 5) is 15.2. The molecule has 0 aliphatic carbocycles. The maximum atomic E-state index is 11.0. The second-order valence-corrected chi connectivity index (χ2v) is 3.67. The molecule has 0 fully saturated rings. The van der Waals surface area contributed by atoms with Crippen LogP contribution in [0.1, 0.15) is 19.4 Å². The highest BCUT2D eigenvalue weighted by Gasteiger charge is 2.15. The highest BCUT2D eigenvalue weighted by atomic mass is 32.2. The fraction of sp³-hybridized carbons (Fsp3) is 0.400. The van der Waals surface area contributed by atoms with Gasteiger partial charge in [0.05, 0.1) is 11.4 Å². The summed E-state index contributed by atoms with van der Waals surface area (Å²) in [6.07, 6.45) is 1.81. The van der Waals surface area contributed by atoms with Gasteiger partial charge >= 0.3 is 0 Å². The van der Waals surface area contributed by atoms with Gasteiger partial charge < -0.3 is 5.32 Å². The van der Waals surface area contributed by atoms with Crippen molar-refractivity contribution >= 4 is 23.4 Å². The first kappa shape index (κ1) is 11.0. The molecule has 1 aromatic rings. The zero-order chi connectivity index (χ0) is 10.6. The molecular formula is C10H14N2OS. The van der Waals surface area contributed by atoms with Crippen molar-refractivity contribution in [3.63, 3.8) is 0 Å². The van der Waals surface area contributed by atoms with Gasteiger partial charge in [0.15, 0.2) is 0 Å². The predicted octanol–water partition coefficient (Wildman–Crippen LogP) is 2.46. The fourth-order valence-corrected chi connectivity index (χ4v) is 1.81. The van der Waals surface area contributed by atoms with Crippen LogP contribution in [0.25, 0.3) is 0 Å². The highest BCUT2D eigenvalue weighted by Crippen LogP contribution is 2.29. The molecule has 0 aromatic carbocycles. The number of carbonyl (C=O) groups is 1. The third-order valence-electron chi connectivity index (χ3n) is 1.60. The molecule has 0 saturated carbocycles. The van der Waals surface area contributed by atoms with E-state index in [4.69, 9.17) is 0 Å². The fourth-order valence-electron chi connectivity index (χ4n) is 1.08. The van der Waals surface area contributed by atoms with Crippen LogP contribution in [0, 0.1) is 6.92 Å². The van der Waals surface area contributed by atoms with E-state index in [1.807, 2.05) is 33.0 Å². The third kappa shape index (κ3) is 2.48. The van der Waals surface area contributed by atoms with E-state index in [9.17, 15) is 4.79 Å². The number of thioether (sulfide) groups is 1. The standard InChI is InChI=1S/C8H8N2OS.C2H6/c1-5-2-6-8(9-3-5)12-4-7(11)10-6;1-2/h2-3H,4H2,1H3,(H,10,11);1-2H3. The first-order chi connectivity index (χ1) is 6.75. The largest absolute Gasteiger partial charge is 0.323 e. The zero-order valence-corrected chi connectivity index (χ0v) is 9.44. The number of amides is 1. The second-order valence-electron chi connectivity index (χ2n) is 2.70. The van der Waals surface area contributed by atoms with Crippen molar-refractivity contribution in [2.75, 3.05) is 11.1 Å². The second kappa shape index (κ2) is 5.00. The number of pyridine rings is 1. The van der Waals surface area contributed by atoms with Crippen molar-refractivity contribution in [2.24, 2.45) is 0 Å². The molecule has 1 N–H and O–H groups in total. The molecule has 0 unspecified atom stereocenters. The summed E-state index contributed by atoms with van der Waals surface area (Å²) < 4.78 is 0. The summed E-state index contributed by atoms with van der Waals surface area (Å²) >= 11 is 1.48. The Balaban J connectivity index is 0.000000461. The van der Waals surface area contributed by atoms with Gasteiger partial charge in [0, 0.05) is 6.20 Å². The van der Waals surface area contributed by atoms with Crippen LogP contribution >= 0.6 is 11.8 Å². The van der Waals surface area contributed by atoms with Crippen LogP contribution < -0.4 is 5.32 Å².